The van der Waals surface area contributed by atoms with Crippen molar-refractivity contribution in [2.24, 2.45) is 11.7 Å². The summed E-state index contributed by atoms with van der Waals surface area (Å²) in [4.78, 5) is 8.77. The van der Waals surface area contributed by atoms with Crippen LogP contribution in [-0.4, -0.2) is 26.7 Å². The molecule has 2 atom stereocenters. The third-order valence-corrected chi connectivity index (χ3v) is 5.05. The van der Waals surface area contributed by atoms with Gasteiger partial charge < -0.3 is 21.7 Å². The van der Waals surface area contributed by atoms with Crippen LogP contribution in [0.3, 0.4) is 0 Å². The minimum absolute atomic E-state index is 0.0106. The number of phenolic OH excluding ortho intramolecular Hbond substituents is 2. The zero-order valence-electron chi connectivity index (χ0n) is 14.5. The van der Waals surface area contributed by atoms with Crippen LogP contribution in [0.15, 0.2) is 18.2 Å². The lowest BCUT2D eigenvalue weighted by molar-refractivity contribution is 0.439. The lowest BCUT2D eigenvalue weighted by atomic mass is 9.88. The molecule has 1 fully saturated rings. The van der Waals surface area contributed by atoms with Gasteiger partial charge in [0, 0.05) is 5.92 Å². The van der Waals surface area contributed by atoms with Crippen molar-refractivity contribution < 1.29 is 10.2 Å². The Balaban J connectivity index is 2.10. The SMILES string of the molecule is N#Cc1c(N)nc(-c2cc(O)ccc2O)nc1C1CCCCC(CN)C1. The normalized spacial score (nSPS) is 20.3. The Morgan fingerprint density at radius 3 is 2.69 bits per heavy atom. The van der Waals surface area contributed by atoms with Crippen molar-refractivity contribution in [3.05, 3.63) is 29.5 Å². The second-order valence-electron chi connectivity index (χ2n) is 6.82. The molecular weight excluding hydrogens is 330 g/mol. The van der Waals surface area contributed by atoms with Crippen LogP contribution in [0.2, 0.25) is 0 Å². The van der Waals surface area contributed by atoms with Gasteiger partial charge in [-0.05, 0) is 49.9 Å². The Bertz CT molecular complexity index is 847. The van der Waals surface area contributed by atoms with E-state index in [1.54, 1.807) is 0 Å². The molecule has 0 bridgehead atoms. The number of benzene rings is 1. The van der Waals surface area contributed by atoms with Crippen molar-refractivity contribution in [3.8, 4) is 29.0 Å². The Kier molecular flexibility index (Phi) is 5.24. The van der Waals surface area contributed by atoms with Crippen LogP contribution >= 0.6 is 0 Å². The molecule has 7 heteroatoms. The highest BCUT2D eigenvalue weighted by atomic mass is 16.3. The molecule has 1 heterocycles. The van der Waals surface area contributed by atoms with Crippen molar-refractivity contribution >= 4 is 5.82 Å². The molecule has 1 aliphatic carbocycles. The number of anilines is 1. The van der Waals surface area contributed by atoms with E-state index in [9.17, 15) is 15.5 Å². The highest BCUT2D eigenvalue weighted by Crippen LogP contribution is 2.38. The van der Waals surface area contributed by atoms with Crippen LogP contribution in [0.1, 0.15) is 49.3 Å². The number of aromatic nitrogens is 2. The number of nitrogens with two attached hydrogens (primary N) is 2. The molecule has 136 valence electrons. The maximum Gasteiger partial charge on any atom is 0.165 e. The molecule has 6 N–H and O–H groups in total. The molecule has 0 aliphatic heterocycles. The molecule has 26 heavy (non-hydrogen) atoms. The van der Waals surface area contributed by atoms with E-state index >= 15 is 0 Å². The number of hydrogen-bond donors (Lipinski definition) is 4. The predicted octanol–water partition coefficient (Wildman–Crippen LogP) is 2.63. The molecule has 1 saturated carbocycles. The van der Waals surface area contributed by atoms with Gasteiger partial charge in [-0.2, -0.15) is 5.26 Å². The summed E-state index contributed by atoms with van der Waals surface area (Å²) >= 11 is 0. The Labute approximate surface area is 152 Å². The Morgan fingerprint density at radius 2 is 1.96 bits per heavy atom. The first kappa shape index (κ1) is 18.0. The summed E-state index contributed by atoms with van der Waals surface area (Å²) < 4.78 is 0. The number of hydrogen-bond acceptors (Lipinski definition) is 7. The number of aromatic hydroxyl groups is 2. The summed E-state index contributed by atoms with van der Waals surface area (Å²) in [5.41, 5.74) is 13.1. The first-order chi connectivity index (χ1) is 12.5. The highest BCUT2D eigenvalue weighted by molar-refractivity contribution is 5.68. The highest BCUT2D eigenvalue weighted by Gasteiger charge is 2.26. The predicted molar refractivity (Wildman–Crippen MR) is 98.3 cm³/mol. The topological polar surface area (TPSA) is 142 Å². The van der Waals surface area contributed by atoms with E-state index in [-0.39, 0.29) is 40.2 Å². The zero-order chi connectivity index (χ0) is 18.7. The van der Waals surface area contributed by atoms with Gasteiger partial charge in [0.15, 0.2) is 5.82 Å². The number of nitriles is 1. The third-order valence-electron chi connectivity index (χ3n) is 5.05. The molecule has 0 spiro atoms. The Hall–Kier alpha value is -2.85. The van der Waals surface area contributed by atoms with Crippen LogP contribution in [0.4, 0.5) is 5.82 Å². The maximum atomic E-state index is 10.1. The zero-order valence-corrected chi connectivity index (χ0v) is 14.5. The van der Waals surface area contributed by atoms with Gasteiger partial charge in [-0.1, -0.05) is 12.8 Å². The molecule has 1 aliphatic rings. The molecule has 1 aromatic carbocycles. The fourth-order valence-corrected chi connectivity index (χ4v) is 3.65. The average molecular weight is 353 g/mol. The molecule has 0 amide bonds. The van der Waals surface area contributed by atoms with E-state index in [2.05, 4.69) is 16.0 Å². The van der Waals surface area contributed by atoms with E-state index in [0.717, 1.165) is 32.1 Å². The van der Waals surface area contributed by atoms with E-state index in [4.69, 9.17) is 11.5 Å². The lowest BCUT2D eigenvalue weighted by Crippen LogP contribution is -2.17. The smallest absolute Gasteiger partial charge is 0.165 e. The van der Waals surface area contributed by atoms with Gasteiger partial charge in [0.2, 0.25) is 0 Å². The second-order valence-corrected chi connectivity index (χ2v) is 6.82. The van der Waals surface area contributed by atoms with Crippen molar-refractivity contribution in [1.82, 2.24) is 9.97 Å². The van der Waals surface area contributed by atoms with E-state index < -0.39 is 0 Å². The standard InChI is InChI=1S/C19H23N5O2/c20-9-11-3-1-2-4-12(7-11)17-15(10-21)18(22)24-19(23-17)14-8-13(25)5-6-16(14)26/h5-6,8,11-12,25-26H,1-4,7,9,20H2,(H2,22,23,24). The monoisotopic (exact) mass is 353 g/mol. The fraction of sp³-hybridized carbons (Fsp3) is 0.421. The first-order valence-electron chi connectivity index (χ1n) is 8.83. The van der Waals surface area contributed by atoms with Gasteiger partial charge in [-0.3, -0.25) is 0 Å². The van der Waals surface area contributed by atoms with Crippen molar-refractivity contribution in [1.29, 1.82) is 5.26 Å². The minimum Gasteiger partial charge on any atom is -0.508 e. The molecule has 2 unspecified atom stereocenters. The Morgan fingerprint density at radius 1 is 1.19 bits per heavy atom. The van der Waals surface area contributed by atoms with Crippen LogP contribution in [-0.2, 0) is 0 Å². The summed E-state index contributed by atoms with van der Waals surface area (Å²) in [6.45, 7) is 0.610. The first-order valence-corrected chi connectivity index (χ1v) is 8.83. The van der Waals surface area contributed by atoms with Crippen molar-refractivity contribution in [2.75, 3.05) is 12.3 Å². The summed E-state index contributed by atoms with van der Waals surface area (Å²) in [5, 5.41) is 29.4. The van der Waals surface area contributed by atoms with Gasteiger partial charge >= 0.3 is 0 Å². The van der Waals surface area contributed by atoms with Crippen molar-refractivity contribution in [3.63, 3.8) is 0 Å². The summed E-state index contributed by atoms with van der Waals surface area (Å²) in [5.74, 6) is 0.691. The molecule has 0 saturated heterocycles. The van der Waals surface area contributed by atoms with E-state index in [1.165, 1.54) is 18.2 Å². The quantitative estimate of drug-likeness (QED) is 0.490. The van der Waals surface area contributed by atoms with Gasteiger partial charge in [0.25, 0.3) is 0 Å². The minimum atomic E-state index is -0.0569. The summed E-state index contributed by atoms with van der Waals surface area (Å²) in [6.07, 6.45) is 5.00. The molecular formula is C19H23N5O2. The van der Waals surface area contributed by atoms with E-state index in [0.29, 0.717) is 18.2 Å². The van der Waals surface area contributed by atoms with Crippen LogP contribution in [0.5, 0.6) is 11.5 Å². The van der Waals surface area contributed by atoms with Gasteiger partial charge in [-0.25, -0.2) is 9.97 Å². The van der Waals surface area contributed by atoms with Crippen LogP contribution in [0, 0.1) is 17.2 Å². The fourth-order valence-electron chi connectivity index (χ4n) is 3.65. The van der Waals surface area contributed by atoms with Gasteiger partial charge in [0.05, 0.1) is 11.3 Å². The maximum absolute atomic E-state index is 10.1. The van der Waals surface area contributed by atoms with E-state index in [1.807, 2.05) is 0 Å². The molecule has 2 aromatic rings. The molecule has 0 radical (unpaired) electrons. The van der Waals surface area contributed by atoms with Crippen molar-refractivity contribution in [2.45, 2.75) is 38.0 Å². The van der Waals surface area contributed by atoms with Gasteiger partial charge in [-0.15, -0.1) is 0 Å². The largest absolute Gasteiger partial charge is 0.508 e. The lowest BCUT2D eigenvalue weighted by Gasteiger charge is -2.20. The van der Waals surface area contributed by atoms with Crippen LogP contribution in [0.25, 0.3) is 11.4 Å². The summed E-state index contributed by atoms with van der Waals surface area (Å²) in [6, 6.07) is 6.26. The number of nitrogens with zero attached hydrogens (tertiary/aromatic N) is 3. The average Bonchev–Trinajstić information content (AvgIpc) is 2.88. The molecule has 1 aromatic heterocycles. The third kappa shape index (κ3) is 3.55. The molecule has 3 rings (SSSR count). The molecule has 7 nitrogen and oxygen atoms in total. The number of nitrogen functional groups attached to an aromatic ring is 1. The second kappa shape index (κ2) is 7.58. The number of rotatable bonds is 3. The van der Waals surface area contributed by atoms with Crippen LogP contribution < -0.4 is 11.5 Å². The number of phenols is 2. The summed E-state index contributed by atoms with van der Waals surface area (Å²) in [7, 11) is 0. The van der Waals surface area contributed by atoms with Gasteiger partial charge in [0.1, 0.15) is 28.9 Å².